The third-order valence-electron chi connectivity index (χ3n) is 5.54. The number of allylic oxidation sites excluding steroid dienone is 2. The van der Waals surface area contributed by atoms with Crippen molar-refractivity contribution in [2.45, 2.75) is 70.0 Å². The van der Waals surface area contributed by atoms with Crippen molar-refractivity contribution in [3.63, 3.8) is 0 Å². The van der Waals surface area contributed by atoms with Crippen molar-refractivity contribution < 1.29 is 20.1 Å². The van der Waals surface area contributed by atoms with Crippen molar-refractivity contribution in [1.29, 1.82) is 0 Å². The lowest BCUT2D eigenvalue weighted by Crippen LogP contribution is -2.39. The number of aliphatic hydroxyl groups is 3. The molecule has 1 aromatic heterocycles. The highest BCUT2D eigenvalue weighted by atomic mass is 35.5. The van der Waals surface area contributed by atoms with Gasteiger partial charge in [0.15, 0.2) is 0 Å². The molecule has 2 rings (SSSR count). The van der Waals surface area contributed by atoms with Gasteiger partial charge in [0.1, 0.15) is 11.4 Å². The Labute approximate surface area is 185 Å². The van der Waals surface area contributed by atoms with E-state index in [0.717, 1.165) is 18.4 Å². The number of amides is 1. The SMILES string of the molecule is CCCCC=C(C(N)=O)C1C[C@H](O)C[C@@]1(O)/C(O)=C\[C@@H](CC)c1cc(Cl)sc1Cl. The van der Waals surface area contributed by atoms with Crippen LogP contribution in [0.25, 0.3) is 0 Å². The summed E-state index contributed by atoms with van der Waals surface area (Å²) < 4.78 is 1.07. The molecule has 162 valence electrons. The number of unbranched alkanes of at least 4 members (excludes halogenated alkanes) is 2. The maximum absolute atomic E-state index is 12.1. The van der Waals surface area contributed by atoms with Gasteiger partial charge in [-0.2, -0.15) is 0 Å². The molecule has 0 radical (unpaired) electrons. The summed E-state index contributed by atoms with van der Waals surface area (Å²) in [5.41, 5.74) is 4.82. The van der Waals surface area contributed by atoms with Gasteiger partial charge >= 0.3 is 0 Å². The number of carbonyl (C=O) groups is 1. The lowest BCUT2D eigenvalue weighted by atomic mass is 9.80. The molecular formula is C21H29Cl2NO4S. The first-order valence-corrected chi connectivity index (χ1v) is 11.5. The van der Waals surface area contributed by atoms with Crippen LogP contribution >= 0.6 is 34.5 Å². The predicted molar refractivity (Wildman–Crippen MR) is 119 cm³/mol. The topological polar surface area (TPSA) is 104 Å². The van der Waals surface area contributed by atoms with E-state index >= 15 is 0 Å². The minimum absolute atomic E-state index is 0.0764. The number of primary amides is 1. The number of thiophene rings is 1. The number of hydrogen-bond donors (Lipinski definition) is 4. The molecule has 1 amide bonds. The molecule has 1 saturated carbocycles. The van der Waals surface area contributed by atoms with Crippen molar-refractivity contribution in [2.75, 3.05) is 0 Å². The standard InChI is InChI=1S/C21H29Cl2NO4S/c1-3-5-6-7-14(20(24)27)16-9-13(25)11-21(16,28)17(26)8-12(4-2)15-10-18(22)29-19(15)23/h7-8,10,12-13,16,25-26,28H,3-6,9,11H2,1-2H3,(H2,24,27)/b14-7?,17-8+/t12-,13+,16?,21+/m1/s1. The van der Waals surface area contributed by atoms with E-state index < -0.39 is 23.5 Å². The molecule has 8 heteroatoms. The molecule has 0 bridgehead atoms. The first-order valence-electron chi connectivity index (χ1n) is 9.90. The number of hydrogen-bond acceptors (Lipinski definition) is 5. The predicted octanol–water partition coefficient (Wildman–Crippen LogP) is 5.09. The van der Waals surface area contributed by atoms with Gasteiger partial charge in [-0.15, -0.1) is 11.3 Å². The molecule has 0 aliphatic heterocycles. The molecule has 1 unspecified atom stereocenters. The molecule has 1 fully saturated rings. The molecule has 0 aromatic carbocycles. The highest BCUT2D eigenvalue weighted by molar-refractivity contribution is 7.20. The van der Waals surface area contributed by atoms with Crippen molar-refractivity contribution in [1.82, 2.24) is 0 Å². The maximum atomic E-state index is 12.1. The van der Waals surface area contributed by atoms with Crippen LogP contribution in [0.15, 0.2) is 29.6 Å². The zero-order valence-electron chi connectivity index (χ0n) is 16.7. The van der Waals surface area contributed by atoms with Crippen LogP contribution in [0.1, 0.15) is 63.9 Å². The van der Waals surface area contributed by atoms with Gasteiger partial charge in [0.2, 0.25) is 5.91 Å². The molecule has 1 aliphatic carbocycles. The fraction of sp³-hybridized carbons (Fsp3) is 0.571. The molecule has 1 heterocycles. The van der Waals surface area contributed by atoms with E-state index in [1.165, 1.54) is 11.3 Å². The summed E-state index contributed by atoms with van der Waals surface area (Å²) in [5, 5.41) is 32.5. The number of carbonyl (C=O) groups excluding carboxylic acids is 1. The number of nitrogens with two attached hydrogens (primary N) is 1. The van der Waals surface area contributed by atoms with Crippen LogP contribution in [0.2, 0.25) is 8.67 Å². The van der Waals surface area contributed by atoms with E-state index in [1.807, 2.05) is 13.8 Å². The lowest BCUT2D eigenvalue weighted by Gasteiger charge is -2.31. The van der Waals surface area contributed by atoms with Crippen molar-refractivity contribution in [3.05, 3.63) is 43.8 Å². The van der Waals surface area contributed by atoms with Crippen molar-refractivity contribution in [2.24, 2.45) is 11.7 Å². The van der Waals surface area contributed by atoms with Gasteiger partial charge in [-0.25, -0.2) is 0 Å². The summed E-state index contributed by atoms with van der Waals surface area (Å²) in [6.45, 7) is 3.97. The second-order valence-electron chi connectivity index (χ2n) is 7.58. The summed E-state index contributed by atoms with van der Waals surface area (Å²) in [6.07, 6.45) is 5.57. The van der Waals surface area contributed by atoms with Crippen molar-refractivity contribution in [3.8, 4) is 0 Å². The summed E-state index contributed by atoms with van der Waals surface area (Å²) in [5.74, 6) is -1.98. The average molecular weight is 462 g/mol. The second-order valence-corrected chi connectivity index (χ2v) is 9.87. The molecule has 5 N–H and O–H groups in total. The van der Waals surface area contributed by atoms with Crippen LogP contribution in [0.5, 0.6) is 0 Å². The van der Waals surface area contributed by atoms with E-state index in [9.17, 15) is 20.1 Å². The summed E-state index contributed by atoms with van der Waals surface area (Å²) in [7, 11) is 0. The fourth-order valence-corrected chi connectivity index (χ4v) is 5.56. The van der Waals surface area contributed by atoms with E-state index in [1.54, 1.807) is 18.2 Å². The second kappa shape index (κ2) is 10.3. The van der Waals surface area contributed by atoms with Gasteiger partial charge in [-0.05, 0) is 37.0 Å². The van der Waals surface area contributed by atoms with Crippen LogP contribution in [-0.2, 0) is 4.79 Å². The Balaban J connectivity index is 2.41. The monoisotopic (exact) mass is 461 g/mol. The summed E-state index contributed by atoms with van der Waals surface area (Å²) >= 11 is 13.5. The Morgan fingerprint density at radius 3 is 2.66 bits per heavy atom. The number of rotatable bonds is 9. The number of aliphatic hydroxyl groups excluding tert-OH is 2. The van der Waals surface area contributed by atoms with Crippen LogP contribution in [0.4, 0.5) is 0 Å². The molecule has 29 heavy (non-hydrogen) atoms. The van der Waals surface area contributed by atoms with Gasteiger partial charge in [0, 0.05) is 23.8 Å². The molecule has 5 nitrogen and oxygen atoms in total. The van der Waals surface area contributed by atoms with Crippen LogP contribution in [-0.4, -0.2) is 32.9 Å². The summed E-state index contributed by atoms with van der Waals surface area (Å²) in [4.78, 5) is 12.1. The Bertz CT molecular complexity index is 792. The van der Waals surface area contributed by atoms with Gasteiger partial charge in [0.25, 0.3) is 0 Å². The van der Waals surface area contributed by atoms with E-state index in [2.05, 4.69) is 0 Å². The minimum Gasteiger partial charge on any atom is -0.510 e. The Kier molecular flexibility index (Phi) is 8.61. The Hall–Kier alpha value is -1.05. The quantitative estimate of drug-likeness (QED) is 0.233. The van der Waals surface area contributed by atoms with E-state index in [0.29, 0.717) is 21.5 Å². The number of halogens is 2. The molecular weight excluding hydrogens is 433 g/mol. The zero-order valence-corrected chi connectivity index (χ0v) is 19.0. The normalized spacial score (nSPS) is 26.7. The maximum Gasteiger partial charge on any atom is 0.244 e. The van der Waals surface area contributed by atoms with Crippen LogP contribution < -0.4 is 5.73 Å². The van der Waals surface area contributed by atoms with Crippen LogP contribution in [0, 0.1) is 5.92 Å². The van der Waals surface area contributed by atoms with Gasteiger partial charge in [0.05, 0.1) is 14.8 Å². The molecule has 0 saturated heterocycles. The first-order chi connectivity index (χ1) is 13.6. The molecule has 1 aliphatic rings. The van der Waals surface area contributed by atoms with Gasteiger partial charge in [-0.1, -0.05) is 56.0 Å². The van der Waals surface area contributed by atoms with Gasteiger partial charge < -0.3 is 21.1 Å². The molecule has 1 aromatic rings. The van der Waals surface area contributed by atoms with E-state index in [4.69, 9.17) is 28.9 Å². The minimum atomic E-state index is -1.77. The highest BCUT2D eigenvalue weighted by Crippen LogP contribution is 2.46. The first kappa shape index (κ1) is 24.2. The third kappa shape index (κ3) is 5.56. The van der Waals surface area contributed by atoms with Gasteiger partial charge in [-0.3, -0.25) is 4.79 Å². The Morgan fingerprint density at radius 1 is 1.45 bits per heavy atom. The lowest BCUT2D eigenvalue weighted by molar-refractivity contribution is -0.116. The smallest absolute Gasteiger partial charge is 0.244 e. The van der Waals surface area contributed by atoms with E-state index in [-0.39, 0.29) is 30.1 Å². The van der Waals surface area contributed by atoms with Crippen molar-refractivity contribution >= 4 is 40.4 Å². The largest absolute Gasteiger partial charge is 0.510 e. The summed E-state index contributed by atoms with van der Waals surface area (Å²) in [6, 6.07) is 1.75. The van der Waals surface area contributed by atoms with Crippen LogP contribution in [0.3, 0.4) is 0 Å². The fourth-order valence-electron chi connectivity index (χ4n) is 3.96. The third-order valence-corrected chi connectivity index (χ3v) is 7.06. The zero-order chi connectivity index (χ0) is 21.8. The Morgan fingerprint density at radius 2 is 2.14 bits per heavy atom. The average Bonchev–Trinajstić information content (AvgIpc) is 3.14. The molecule has 4 atom stereocenters. The molecule has 0 spiro atoms. The highest BCUT2D eigenvalue weighted by Gasteiger charge is 2.51.